The third-order valence-corrected chi connectivity index (χ3v) is 4.35. The number of nitrogens with one attached hydrogen (secondary N) is 3. The van der Waals surface area contributed by atoms with E-state index in [1.165, 1.54) is 7.11 Å². The number of carbonyl (C=O) groups excluding carboxylic acids is 1. The first kappa shape index (κ1) is 23.0. The van der Waals surface area contributed by atoms with Crippen LogP contribution in [0.1, 0.15) is 11.1 Å². The summed E-state index contributed by atoms with van der Waals surface area (Å²) < 4.78 is 11.0. The van der Waals surface area contributed by atoms with Crippen LogP contribution in [0.3, 0.4) is 0 Å². The van der Waals surface area contributed by atoms with Gasteiger partial charge in [0.1, 0.15) is 0 Å². The van der Waals surface area contributed by atoms with E-state index in [0.717, 1.165) is 24.2 Å². The summed E-state index contributed by atoms with van der Waals surface area (Å²) in [4.78, 5) is 12.1. The molecule has 1 amide bonds. The lowest BCUT2D eigenvalue weighted by Crippen LogP contribution is -2.28. The molecule has 0 saturated carbocycles. The zero-order valence-corrected chi connectivity index (χ0v) is 17.5. The van der Waals surface area contributed by atoms with Gasteiger partial charge in [-0.05, 0) is 36.8 Å². The third kappa shape index (κ3) is 7.91. The molecule has 0 radical (unpaired) electrons. The molecule has 0 bridgehead atoms. The maximum absolute atomic E-state index is 12.1. The van der Waals surface area contributed by atoms with Gasteiger partial charge in [-0.1, -0.05) is 29.3 Å². The summed E-state index contributed by atoms with van der Waals surface area (Å²) >= 11 is 6.35. The highest BCUT2D eigenvalue weighted by molar-refractivity contribution is 6.32. The van der Waals surface area contributed by atoms with Crippen molar-refractivity contribution in [3.8, 4) is 11.5 Å². The molecule has 7 nitrogen and oxygen atoms in total. The van der Waals surface area contributed by atoms with Gasteiger partial charge >= 0.3 is 0 Å². The fraction of sp³-hybridized carbons (Fsp3) is 0.381. The average Bonchev–Trinajstić information content (AvgIpc) is 2.71. The highest BCUT2D eigenvalue weighted by Crippen LogP contribution is 2.36. The Hall–Kier alpha value is -2.32. The molecule has 158 valence electrons. The van der Waals surface area contributed by atoms with Crippen LogP contribution >= 0.6 is 11.6 Å². The number of methoxy groups -OCH3 is 1. The Bertz CT molecular complexity index is 784. The fourth-order valence-electron chi connectivity index (χ4n) is 2.60. The number of aryl methyl sites for hydroxylation is 1. The summed E-state index contributed by atoms with van der Waals surface area (Å²) in [7, 11) is 1.53. The first-order valence-electron chi connectivity index (χ1n) is 9.41. The normalized spacial score (nSPS) is 10.6. The lowest BCUT2D eigenvalue weighted by atomic mass is 10.2. The molecule has 0 saturated heterocycles. The Labute approximate surface area is 176 Å². The van der Waals surface area contributed by atoms with E-state index in [9.17, 15) is 4.79 Å². The van der Waals surface area contributed by atoms with E-state index in [-0.39, 0.29) is 19.1 Å². The van der Waals surface area contributed by atoms with Crippen molar-refractivity contribution in [3.63, 3.8) is 0 Å². The topological polar surface area (TPSA) is 91.8 Å². The number of amides is 1. The summed E-state index contributed by atoms with van der Waals surface area (Å²) in [5, 5.41) is 18.3. The first-order valence-corrected chi connectivity index (χ1v) is 9.79. The molecule has 29 heavy (non-hydrogen) atoms. The fourth-order valence-corrected chi connectivity index (χ4v) is 2.89. The van der Waals surface area contributed by atoms with Crippen molar-refractivity contribution in [2.75, 3.05) is 45.3 Å². The number of ether oxygens (including phenoxy) is 2. The summed E-state index contributed by atoms with van der Waals surface area (Å²) in [6.45, 7) is 4.60. The zero-order chi connectivity index (χ0) is 21.1. The number of benzene rings is 2. The molecule has 0 aliphatic rings. The number of hydrogen-bond donors (Lipinski definition) is 4. The van der Waals surface area contributed by atoms with Crippen LogP contribution in [0.4, 0.5) is 5.69 Å². The van der Waals surface area contributed by atoms with Crippen molar-refractivity contribution in [3.05, 3.63) is 52.5 Å². The number of anilines is 1. The Morgan fingerprint density at radius 2 is 1.83 bits per heavy atom. The monoisotopic (exact) mass is 421 g/mol. The molecular formula is C21H28ClN3O4. The van der Waals surface area contributed by atoms with E-state index >= 15 is 0 Å². The number of aliphatic hydroxyl groups excluding tert-OH is 1. The quantitative estimate of drug-likeness (QED) is 0.393. The maximum atomic E-state index is 12.1. The van der Waals surface area contributed by atoms with Gasteiger partial charge in [0, 0.05) is 31.9 Å². The predicted octanol–water partition coefficient (Wildman–Crippen LogP) is 2.35. The lowest BCUT2D eigenvalue weighted by Gasteiger charge is -2.15. The second kappa shape index (κ2) is 12.3. The summed E-state index contributed by atoms with van der Waals surface area (Å²) in [5.41, 5.74) is 2.76. The molecule has 0 aromatic heterocycles. The number of carbonyl (C=O) groups is 1. The van der Waals surface area contributed by atoms with Crippen LogP contribution in [-0.4, -0.2) is 51.0 Å². The smallest absolute Gasteiger partial charge is 0.262 e. The zero-order valence-electron chi connectivity index (χ0n) is 16.8. The summed E-state index contributed by atoms with van der Waals surface area (Å²) in [6, 6.07) is 11.1. The molecule has 0 aliphatic carbocycles. The standard InChI is InChI=1S/C21H28ClN3O4/c1-15-3-5-17(6-4-15)25-20(27)14-29-21-18(22)11-16(12-19(21)28-2)13-24-8-7-23-9-10-26/h3-6,11-12,23-24,26H,7-10,13-14H2,1-2H3,(H,25,27). The number of hydrogen-bond acceptors (Lipinski definition) is 6. The van der Waals surface area contributed by atoms with Crippen LogP contribution < -0.4 is 25.4 Å². The van der Waals surface area contributed by atoms with E-state index in [2.05, 4.69) is 16.0 Å². The second-order valence-corrected chi connectivity index (χ2v) is 6.87. The largest absolute Gasteiger partial charge is 0.493 e. The number of rotatable bonds is 12. The molecule has 0 heterocycles. The van der Waals surface area contributed by atoms with Crippen LogP contribution in [0, 0.1) is 6.92 Å². The van der Waals surface area contributed by atoms with Gasteiger partial charge in [-0.3, -0.25) is 4.79 Å². The third-order valence-electron chi connectivity index (χ3n) is 4.07. The van der Waals surface area contributed by atoms with Gasteiger partial charge in [0.15, 0.2) is 18.1 Å². The van der Waals surface area contributed by atoms with Crippen molar-refractivity contribution in [1.82, 2.24) is 10.6 Å². The van der Waals surface area contributed by atoms with Crippen molar-refractivity contribution in [2.24, 2.45) is 0 Å². The minimum atomic E-state index is -0.284. The Morgan fingerprint density at radius 1 is 1.10 bits per heavy atom. The van der Waals surface area contributed by atoms with Gasteiger partial charge in [-0.15, -0.1) is 0 Å². The molecule has 2 aromatic rings. The van der Waals surface area contributed by atoms with E-state index in [0.29, 0.717) is 35.3 Å². The molecule has 0 spiro atoms. The van der Waals surface area contributed by atoms with E-state index < -0.39 is 0 Å². The second-order valence-electron chi connectivity index (χ2n) is 6.46. The van der Waals surface area contributed by atoms with Gasteiger partial charge in [0.05, 0.1) is 18.7 Å². The molecule has 2 rings (SSSR count). The maximum Gasteiger partial charge on any atom is 0.262 e. The van der Waals surface area contributed by atoms with Gasteiger partial charge in [-0.2, -0.15) is 0 Å². The Morgan fingerprint density at radius 3 is 2.52 bits per heavy atom. The van der Waals surface area contributed by atoms with Crippen LogP contribution in [-0.2, 0) is 11.3 Å². The lowest BCUT2D eigenvalue weighted by molar-refractivity contribution is -0.118. The summed E-state index contributed by atoms with van der Waals surface area (Å²) in [6.07, 6.45) is 0. The molecule has 0 fully saturated rings. The van der Waals surface area contributed by atoms with E-state index in [4.69, 9.17) is 26.2 Å². The SMILES string of the molecule is COc1cc(CNCCNCCO)cc(Cl)c1OCC(=O)Nc1ccc(C)cc1. The minimum Gasteiger partial charge on any atom is -0.493 e. The van der Waals surface area contributed by atoms with E-state index in [1.807, 2.05) is 37.3 Å². The first-order chi connectivity index (χ1) is 14.0. The van der Waals surface area contributed by atoms with Gasteiger partial charge in [-0.25, -0.2) is 0 Å². The minimum absolute atomic E-state index is 0.122. The summed E-state index contributed by atoms with van der Waals surface area (Å²) in [5.74, 6) is 0.519. The van der Waals surface area contributed by atoms with Crippen LogP contribution in [0.15, 0.2) is 36.4 Å². The molecule has 0 aliphatic heterocycles. The number of aliphatic hydroxyl groups is 1. The van der Waals surface area contributed by atoms with Crippen molar-refractivity contribution >= 4 is 23.2 Å². The molecule has 0 atom stereocenters. The molecule has 4 N–H and O–H groups in total. The van der Waals surface area contributed by atoms with Crippen LogP contribution in [0.2, 0.25) is 5.02 Å². The molecule has 0 unspecified atom stereocenters. The van der Waals surface area contributed by atoms with E-state index in [1.54, 1.807) is 6.07 Å². The van der Waals surface area contributed by atoms with Crippen molar-refractivity contribution < 1.29 is 19.4 Å². The Kier molecular flexibility index (Phi) is 9.73. The number of halogens is 1. The van der Waals surface area contributed by atoms with Crippen LogP contribution in [0.25, 0.3) is 0 Å². The van der Waals surface area contributed by atoms with Crippen molar-refractivity contribution in [1.29, 1.82) is 0 Å². The van der Waals surface area contributed by atoms with Gasteiger partial charge in [0.2, 0.25) is 0 Å². The highest BCUT2D eigenvalue weighted by atomic mass is 35.5. The molecular weight excluding hydrogens is 394 g/mol. The predicted molar refractivity (Wildman–Crippen MR) is 115 cm³/mol. The molecule has 2 aromatic carbocycles. The highest BCUT2D eigenvalue weighted by Gasteiger charge is 2.14. The van der Waals surface area contributed by atoms with Gasteiger partial charge < -0.3 is 30.5 Å². The van der Waals surface area contributed by atoms with Crippen molar-refractivity contribution in [2.45, 2.75) is 13.5 Å². The molecule has 8 heteroatoms. The Balaban J connectivity index is 1.89. The van der Waals surface area contributed by atoms with Gasteiger partial charge in [0.25, 0.3) is 5.91 Å². The van der Waals surface area contributed by atoms with Crippen LogP contribution in [0.5, 0.6) is 11.5 Å². The average molecular weight is 422 g/mol.